The lowest BCUT2D eigenvalue weighted by Crippen LogP contribution is -2.38. The van der Waals surface area contributed by atoms with Gasteiger partial charge in [0, 0.05) is 11.3 Å². The summed E-state index contributed by atoms with van der Waals surface area (Å²) in [7, 11) is 0. The molecule has 8 heteroatoms. The van der Waals surface area contributed by atoms with Gasteiger partial charge in [-0.05, 0) is 60.7 Å². The molecule has 0 aliphatic rings. The van der Waals surface area contributed by atoms with Crippen molar-refractivity contribution < 1.29 is 18.7 Å². The summed E-state index contributed by atoms with van der Waals surface area (Å²) in [5, 5.41) is 3.68. The molecule has 0 unspecified atom stereocenters. The molecule has 0 saturated heterocycles. The highest BCUT2D eigenvalue weighted by atomic mass is 35.5. The second-order valence-electron chi connectivity index (χ2n) is 7.51. The number of nitrogens with zero attached hydrogens (tertiary/aromatic N) is 1. The summed E-state index contributed by atoms with van der Waals surface area (Å²) in [5.74, 6) is 0.911. The van der Waals surface area contributed by atoms with Gasteiger partial charge in [0.1, 0.15) is 17.0 Å². The van der Waals surface area contributed by atoms with Gasteiger partial charge in [-0.25, -0.2) is 4.98 Å². The van der Waals surface area contributed by atoms with Crippen LogP contribution in [0.15, 0.2) is 101 Å². The van der Waals surface area contributed by atoms with Gasteiger partial charge >= 0.3 is 12.2 Å². The van der Waals surface area contributed by atoms with Gasteiger partial charge in [0.25, 0.3) is 0 Å². The fourth-order valence-corrected chi connectivity index (χ4v) is 3.63. The van der Waals surface area contributed by atoms with Crippen molar-refractivity contribution in [3.63, 3.8) is 0 Å². The Bertz CT molecular complexity index is 1430. The van der Waals surface area contributed by atoms with Crippen molar-refractivity contribution in [2.24, 2.45) is 0 Å². The third-order valence-electron chi connectivity index (χ3n) is 5.01. The number of halogens is 2. The third-order valence-corrected chi connectivity index (χ3v) is 5.75. The number of hydrogen-bond acceptors (Lipinski definition) is 5. The fourth-order valence-electron chi connectivity index (χ4n) is 3.34. The number of anilines is 1. The van der Waals surface area contributed by atoms with Gasteiger partial charge in [0.15, 0.2) is 5.58 Å². The molecule has 1 amide bonds. The molecule has 4 aromatic carbocycles. The molecule has 174 valence electrons. The van der Waals surface area contributed by atoms with Gasteiger partial charge in [-0.2, -0.15) is 0 Å². The van der Waals surface area contributed by atoms with Gasteiger partial charge in [0.2, 0.25) is 5.89 Å². The number of oxazole rings is 1. The van der Waals surface area contributed by atoms with Crippen LogP contribution in [0.25, 0.3) is 22.6 Å². The predicted molar refractivity (Wildman–Crippen MR) is 136 cm³/mol. The molecule has 0 spiro atoms. The van der Waals surface area contributed by atoms with Crippen molar-refractivity contribution in [1.29, 1.82) is 0 Å². The van der Waals surface area contributed by atoms with E-state index in [1.165, 1.54) is 0 Å². The second kappa shape index (κ2) is 10.1. The average molecular weight is 505 g/mol. The molecule has 1 N–H and O–H groups in total. The van der Waals surface area contributed by atoms with Crippen LogP contribution < -0.4 is 14.8 Å². The van der Waals surface area contributed by atoms with Gasteiger partial charge in [-0.1, -0.05) is 59.6 Å². The first-order chi connectivity index (χ1) is 17.0. The molecule has 5 aromatic rings. The molecular weight excluding hydrogens is 487 g/mol. The summed E-state index contributed by atoms with van der Waals surface area (Å²) < 4.78 is 17.5. The Kier molecular flexibility index (Phi) is 6.57. The van der Waals surface area contributed by atoms with E-state index < -0.39 is 12.2 Å². The number of carbonyl (C=O) groups is 1. The monoisotopic (exact) mass is 504 g/mol. The minimum absolute atomic E-state index is 0.389. The van der Waals surface area contributed by atoms with Crippen molar-refractivity contribution in [2.45, 2.75) is 6.29 Å². The maximum Gasteiger partial charge on any atom is 0.321 e. The van der Waals surface area contributed by atoms with E-state index >= 15 is 0 Å². The highest BCUT2D eigenvalue weighted by molar-refractivity contribution is 6.42. The average Bonchev–Trinajstić information content (AvgIpc) is 3.30. The minimum atomic E-state index is -1.22. The van der Waals surface area contributed by atoms with Crippen LogP contribution in [-0.4, -0.2) is 17.2 Å². The van der Waals surface area contributed by atoms with Crippen molar-refractivity contribution in [3.05, 3.63) is 107 Å². The molecule has 1 aromatic heterocycles. The first kappa shape index (κ1) is 22.8. The molecule has 0 aliphatic heterocycles. The molecule has 5 rings (SSSR count). The molecular formula is C27H18Cl2N2O4. The van der Waals surface area contributed by atoms with Crippen LogP contribution >= 0.6 is 23.2 Å². The van der Waals surface area contributed by atoms with E-state index in [1.54, 1.807) is 60.7 Å². The Morgan fingerprint density at radius 3 is 2.09 bits per heavy atom. The summed E-state index contributed by atoms with van der Waals surface area (Å²) in [5.41, 5.74) is 2.32. The van der Waals surface area contributed by atoms with Crippen LogP contribution in [-0.2, 0) is 4.79 Å². The summed E-state index contributed by atoms with van der Waals surface area (Å²) in [6.07, 6.45) is -1.22. The van der Waals surface area contributed by atoms with Crippen LogP contribution in [0.1, 0.15) is 0 Å². The number of ether oxygens (including phenoxy) is 2. The number of fused-ring (bicyclic) bond motifs is 1. The predicted octanol–water partition coefficient (Wildman–Crippen LogP) is 7.22. The van der Waals surface area contributed by atoms with Crippen molar-refractivity contribution in [3.8, 4) is 23.0 Å². The van der Waals surface area contributed by atoms with Crippen LogP contribution in [0.4, 0.5) is 5.69 Å². The Morgan fingerprint density at radius 2 is 1.46 bits per heavy atom. The zero-order valence-corrected chi connectivity index (χ0v) is 19.7. The van der Waals surface area contributed by atoms with Crippen LogP contribution in [0.3, 0.4) is 0 Å². The summed E-state index contributed by atoms with van der Waals surface area (Å²) in [6.45, 7) is 0. The van der Waals surface area contributed by atoms with E-state index in [-0.39, 0.29) is 0 Å². The van der Waals surface area contributed by atoms with E-state index in [1.807, 2.05) is 36.4 Å². The molecule has 0 fully saturated rings. The molecule has 0 radical (unpaired) electrons. The Hall–Kier alpha value is -4.00. The lowest BCUT2D eigenvalue weighted by atomic mass is 10.2. The van der Waals surface area contributed by atoms with Crippen molar-refractivity contribution in [1.82, 2.24) is 4.98 Å². The number of benzene rings is 4. The van der Waals surface area contributed by atoms with Gasteiger partial charge in [0.05, 0.1) is 10.0 Å². The van der Waals surface area contributed by atoms with Crippen LogP contribution in [0, 0.1) is 0 Å². The Balaban J connectivity index is 1.38. The van der Waals surface area contributed by atoms with Crippen molar-refractivity contribution >= 4 is 45.9 Å². The minimum Gasteiger partial charge on any atom is -0.446 e. The number of rotatable bonds is 7. The number of aromatic nitrogens is 1. The fraction of sp³-hybridized carbons (Fsp3) is 0.0370. The first-order valence-electron chi connectivity index (χ1n) is 10.7. The smallest absolute Gasteiger partial charge is 0.321 e. The lowest BCUT2D eigenvalue weighted by molar-refractivity contribution is -0.134. The normalized spacial score (nSPS) is 10.9. The largest absolute Gasteiger partial charge is 0.446 e. The van der Waals surface area contributed by atoms with Crippen LogP contribution in [0.5, 0.6) is 11.5 Å². The third kappa shape index (κ3) is 5.40. The number of carbonyl (C=O) groups excluding carboxylic acids is 1. The zero-order chi connectivity index (χ0) is 24.2. The van der Waals surface area contributed by atoms with Gasteiger partial charge in [-0.15, -0.1) is 0 Å². The summed E-state index contributed by atoms with van der Waals surface area (Å²) >= 11 is 12.1. The summed E-state index contributed by atoms with van der Waals surface area (Å²) in [6, 6.07) is 28.3. The quantitative estimate of drug-likeness (QED) is 0.236. The zero-order valence-electron chi connectivity index (χ0n) is 18.2. The molecule has 35 heavy (non-hydrogen) atoms. The maximum absolute atomic E-state index is 13.1. The van der Waals surface area contributed by atoms with Crippen molar-refractivity contribution in [2.75, 3.05) is 5.32 Å². The van der Waals surface area contributed by atoms with E-state index in [4.69, 9.17) is 37.1 Å². The highest BCUT2D eigenvalue weighted by Crippen LogP contribution is 2.31. The number of nitrogens with one attached hydrogen (secondary N) is 1. The number of amides is 1. The molecule has 1 heterocycles. The molecule has 6 nitrogen and oxygen atoms in total. The van der Waals surface area contributed by atoms with E-state index in [0.29, 0.717) is 49.8 Å². The highest BCUT2D eigenvalue weighted by Gasteiger charge is 2.23. The van der Waals surface area contributed by atoms with Gasteiger partial charge in [-0.3, -0.25) is 4.79 Å². The van der Waals surface area contributed by atoms with Gasteiger partial charge < -0.3 is 19.2 Å². The van der Waals surface area contributed by atoms with E-state index in [0.717, 1.165) is 0 Å². The Labute approximate surface area is 211 Å². The Morgan fingerprint density at radius 1 is 0.800 bits per heavy atom. The SMILES string of the molecule is O=C(Nc1ccc2oc(-c3ccc(Cl)c(Cl)c3)nc2c1)C(Oc1ccccc1)Oc1ccccc1. The topological polar surface area (TPSA) is 73.6 Å². The molecule has 0 aliphatic carbocycles. The molecule has 0 atom stereocenters. The number of hydrogen-bond donors (Lipinski definition) is 1. The molecule has 0 saturated carbocycles. The number of para-hydroxylation sites is 2. The lowest BCUT2D eigenvalue weighted by Gasteiger charge is -2.20. The first-order valence-corrected chi connectivity index (χ1v) is 11.4. The van der Waals surface area contributed by atoms with E-state index in [9.17, 15) is 4.79 Å². The summed E-state index contributed by atoms with van der Waals surface area (Å²) in [4.78, 5) is 17.6. The second-order valence-corrected chi connectivity index (χ2v) is 8.33. The standard InChI is InChI=1S/C27H18Cl2N2O4/c28-21-13-11-17(15-22(21)29)26-31-23-16-18(12-14-24(23)35-26)30-25(32)27(33-19-7-3-1-4-8-19)34-20-9-5-2-6-10-20/h1-16,27H,(H,30,32). The maximum atomic E-state index is 13.1. The van der Waals surface area contributed by atoms with Crippen LogP contribution in [0.2, 0.25) is 10.0 Å². The molecule has 0 bridgehead atoms. The van der Waals surface area contributed by atoms with E-state index in [2.05, 4.69) is 10.3 Å².